The van der Waals surface area contributed by atoms with Gasteiger partial charge in [-0.1, -0.05) is 39.7 Å². The fourth-order valence-corrected chi connectivity index (χ4v) is 3.67. The third kappa shape index (κ3) is 3.67. The van der Waals surface area contributed by atoms with Gasteiger partial charge >= 0.3 is 5.91 Å². The maximum Gasteiger partial charge on any atom is 0.305 e. The molecule has 2 N–H and O–H groups in total. The minimum absolute atomic E-state index is 0.0783. The van der Waals surface area contributed by atoms with Crippen LogP contribution in [0, 0.1) is 0 Å². The Labute approximate surface area is 182 Å². The minimum atomic E-state index is -0.624. The Kier molecular flexibility index (Phi) is 5.18. The van der Waals surface area contributed by atoms with Gasteiger partial charge in [0.1, 0.15) is 6.17 Å². The Morgan fingerprint density at radius 1 is 1.11 bits per heavy atom. The Morgan fingerprint density at radius 3 is 2.54 bits per heavy atom. The van der Waals surface area contributed by atoms with Crippen LogP contribution in [0.3, 0.4) is 0 Å². The third-order valence-corrected chi connectivity index (χ3v) is 5.36. The number of rotatable bonds is 3. The molecule has 142 valence electrons. The number of furan rings is 1. The van der Waals surface area contributed by atoms with E-state index in [-0.39, 0.29) is 11.7 Å². The number of hydrogen-bond acceptors (Lipinski definition) is 4. The zero-order valence-corrected chi connectivity index (χ0v) is 18.0. The third-order valence-electron chi connectivity index (χ3n) is 4.19. The van der Waals surface area contributed by atoms with E-state index in [4.69, 9.17) is 16.0 Å². The SMILES string of the molecule is O=C(NN1C(=O)c2cc(Br)ccc2N[C@H]1c1ccc(Cl)cc1)c1ccc(Br)o1. The highest BCUT2D eigenvalue weighted by Crippen LogP contribution is 2.34. The summed E-state index contributed by atoms with van der Waals surface area (Å²) in [5.74, 6) is -0.818. The van der Waals surface area contributed by atoms with Gasteiger partial charge in [-0.15, -0.1) is 0 Å². The molecule has 4 rings (SSSR count). The smallest absolute Gasteiger partial charge is 0.305 e. The van der Waals surface area contributed by atoms with Crippen LogP contribution in [0.4, 0.5) is 5.69 Å². The summed E-state index contributed by atoms with van der Waals surface area (Å²) in [6.45, 7) is 0. The van der Waals surface area contributed by atoms with Crippen LogP contribution in [0.5, 0.6) is 0 Å². The van der Waals surface area contributed by atoms with E-state index in [9.17, 15) is 9.59 Å². The quantitative estimate of drug-likeness (QED) is 0.482. The summed E-state index contributed by atoms with van der Waals surface area (Å²) in [5, 5.41) is 5.11. The number of halogens is 3. The molecule has 0 unspecified atom stereocenters. The van der Waals surface area contributed by atoms with Crippen molar-refractivity contribution < 1.29 is 14.0 Å². The first-order valence-electron chi connectivity index (χ1n) is 8.14. The highest BCUT2D eigenvalue weighted by atomic mass is 79.9. The fraction of sp³-hybridized carbons (Fsp3) is 0.0526. The highest BCUT2D eigenvalue weighted by Gasteiger charge is 2.35. The molecule has 3 aromatic rings. The average Bonchev–Trinajstić information content (AvgIpc) is 3.11. The van der Waals surface area contributed by atoms with Crippen LogP contribution in [0.1, 0.15) is 32.6 Å². The van der Waals surface area contributed by atoms with Crippen molar-refractivity contribution in [2.45, 2.75) is 6.17 Å². The van der Waals surface area contributed by atoms with Gasteiger partial charge in [0, 0.05) is 15.2 Å². The van der Waals surface area contributed by atoms with Gasteiger partial charge in [0.15, 0.2) is 10.4 Å². The molecular formula is C19H12Br2ClN3O3. The van der Waals surface area contributed by atoms with Gasteiger partial charge in [-0.25, -0.2) is 5.01 Å². The monoisotopic (exact) mass is 523 g/mol. The van der Waals surface area contributed by atoms with Gasteiger partial charge < -0.3 is 9.73 Å². The van der Waals surface area contributed by atoms with E-state index in [2.05, 4.69) is 42.6 Å². The van der Waals surface area contributed by atoms with Crippen molar-refractivity contribution in [2.24, 2.45) is 0 Å². The summed E-state index contributed by atoms with van der Waals surface area (Å²) < 4.78 is 6.47. The Hall–Kier alpha value is -2.29. The van der Waals surface area contributed by atoms with Crippen molar-refractivity contribution >= 4 is 61.0 Å². The molecule has 1 aromatic heterocycles. The topological polar surface area (TPSA) is 74.6 Å². The van der Waals surface area contributed by atoms with Gasteiger partial charge in [-0.3, -0.25) is 15.0 Å². The molecule has 9 heteroatoms. The lowest BCUT2D eigenvalue weighted by atomic mass is 10.0. The summed E-state index contributed by atoms with van der Waals surface area (Å²) in [7, 11) is 0. The van der Waals surface area contributed by atoms with E-state index in [1.54, 1.807) is 36.4 Å². The van der Waals surface area contributed by atoms with Crippen molar-refractivity contribution in [2.75, 3.05) is 5.32 Å². The Morgan fingerprint density at radius 2 is 1.86 bits per heavy atom. The molecule has 1 aliphatic heterocycles. The van der Waals surface area contributed by atoms with Crippen molar-refractivity contribution in [3.8, 4) is 0 Å². The normalized spacial score (nSPS) is 15.8. The maximum absolute atomic E-state index is 13.2. The number of carbonyl (C=O) groups is 2. The number of carbonyl (C=O) groups excluding carboxylic acids is 2. The second kappa shape index (κ2) is 7.62. The van der Waals surface area contributed by atoms with Crippen molar-refractivity contribution in [3.63, 3.8) is 0 Å². The van der Waals surface area contributed by atoms with Crippen molar-refractivity contribution in [1.82, 2.24) is 10.4 Å². The van der Waals surface area contributed by atoms with Crippen molar-refractivity contribution in [1.29, 1.82) is 0 Å². The lowest BCUT2D eigenvalue weighted by Gasteiger charge is -2.37. The zero-order chi connectivity index (χ0) is 19.8. The van der Waals surface area contributed by atoms with Gasteiger partial charge in [-0.2, -0.15) is 0 Å². The van der Waals surface area contributed by atoms with E-state index in [0.717, 1.165) is 10.0 Å². The zero-order valence-electron chi connectivity index (χ0n) is 14.1. The Bertz CT molecular complexity index is 1070. The number of hydrazine groups is 1. The number of benzene rings is 2. The van der Waals surface area contributed by atoms with E-state index < -0.39 is 12.1 Å². The summed E-state index contributed by atoms with van der Waals surface area (Å²) in [6.07, 6.45) is -0.624. The second-order valence-electron chi connectivity index (χ2n) is 6.01. The number of amides is 2. The number of nitrogens with zero attached hydrogens (tertiary/aromatic N) is 1. The molecule has 6 nitrogen and oxygen atoms in total. The molecule has 2 amide bonds. The van der Waals surface area contributed by atoms with Crippen LogP contribution in [0.15, 0.2) is 68.2 Å². The maximum atomic E-state index is 13.2. The number of nitrogens with one attached hydrogen (secondary N) is 2. The molecule has 2 heterocycles. The molecule has 0 saturated carbocycles. The first-order chi connectivity index (χ1) is 13.4. The Balaban J connectivity index is 1.73. The molecule has 0 bridgehead atoms. The van der Waals surface area contributed by atoms with Crippen LogP contribution in [0.2, 0.25) is 5.02 Å². The average molecular weight is 526 g/mol. The van der Waals surface area contributed by atoms with E-state index in [0.29, 0.717) is 20.9 Å². The largest absolute Gasteiger partial charge is 0.444 e. The van der Waals surface area contributed by atoms with Gasteiger partial charge in [-0.05, 0) is 64.0 Å². The second-order valence-corrected chi connectivity index (χ2v) is 8.14. The van der Waals surface area contributed by atoms with Gasteiger partial charge in [0.05, 0.1) is 5.56 Å². The first-order valence-corrected chi connectivity index (χ1v) is 10.1. The molecular weight excluding hydrogens is 513 g/mol. The molecule has 0 saturated heterocycles. The lowest BCUT2D eigenvalue weighted by Crippen LogP contribution is -2.52. The lowest BCUT2D eigenvalue weighted by molar-refractivity contribution is 0.0479. The molecule has 0 spiro atoms. The number of hydrogen-bond donors (Lipinski definition) is 2. The molecule has 1 aliphatic rings. The molecule has 0 aliphatic carbocycles. The molecule has 2 aromatic carbocycles. The molecule has 0 radical (unpaired) electrons. The van der Waals surface area contributed by atoms with Crippen LogP contribution in [-0.2, 0) is 0 Å². The fourth-order valence-electron chi connectivity index (χ4n) is 2.87. The minimum Gasteiger partial charge on any atom is -0.444 e. The number of fused-ring (bicyclic) bond motifs is 1. The predicted octanol–water partition coefficient (Wildman–Crippen LogP) is 5.37. The number of anilines is 1. The van der Waals surface area contributed by atoms with Crippen LogP contribution in [0.25, 0.3) is 0 Å². The summed E-state index contributed by atoms with van der Waals surface area (Å²) in [5.41, 5.74) is 4.50. The van der Waals surface area contributed by atoms with Crippen LogP contribution in [-0.4, -0.2) is 16.8 Å². The summed E-state index contributed by atoms with van der Waals surface area (Å²) in [6, 6.07) is 15.5. The standard InChI is InChI=1S/C19H12Br2ClN3O3/c20-11-3-6-14-13(9-11)19(27)25(24-18(26)15-7-8-16(21)28-15)17(23-14)10-1-4-12(22)5-2-10/h1-9,17,23H,(H,24,26)/t17-/m1/s1. The van der Waals surface area contributed by atoms with Crippen LogP contribution < -0.4 is 10.7 Å². The van der Waals surface area contributed by atoms with Crippen molar-refractivity contribution in [3.05, 3.63) is 85.6 Å². The van der Waals surface area contributed by atoms with Gasteiger partial charge in [0.25, 0.3) is 5.91 Å². The highest BCUT2D eigenvalue weighted by molar-refractivity contribution is 9.10. The van der Waals surface area contributed by atoms with E-state index in [1.807, 2.05) is 12.1 Å². The summed E-state index contributed by atoms with van der Waals surface area (Å²) in [4.78, 5) is 25.8. The van der Waals surface area contributed by atoms with Crippen LogP contribution >= 0.6 is 43.5 Å². The molecule has 0 fully saturated rings. The van der Waals surface area contributed by atoms with E-state index >= 15 is 0 Å². The summed E-state index contributed by atoms with van der Waals surface area (Å²) >= 11 is 12.5. The van der Waals surface area contributed by atoms with Gasteiger partial charge in [0.2, 0.25) is 0 Å². The predicted molar refractivity (Wildman–Crippen MR) is 112 cm³/mol. The molecule has 28 heavy (non-hydrogen) atoms. The van der Waals surface area contributed by atoms with E-state index in [1.165, 1.54) is 11.1 Å². The molecule has 1 atom stereocenters. The first kappa shape index (κ1) is 19.0.